The second kappa shape index (κ2) is 5.60. The highest BCUT2D eigenvalue weighted by Crippen LogP contribution is 2.28. The Morgan fingerprint density at radius 2 is 2.12 bits per heavy atom. The molecule has 3 N–H and O–H groups in total. The molecule has 0 unspecified atom stereocenters. The van der Waals surface area contributed by atoms with Crippen molar-refractivity contribution < 1.29 is 14.8 Å². The van der Waals surface area contributed by atoms with Crippen molar-refractivity contribution in [1.29, 1.82) is 0 Å². The van der Waals surface area contributed by atoms with Crippen LogP contribution in [0.2, 0.25) is 0 Å². The second-order valence-corrected chi connectivity index (χ2v) is 3.86. The maximum atomic E-state index is 10.8. The molecule has 1 atom stereocenters. The molecule has 0 spiro atoms. The number of rotatable bonds is 5. The molecule has 6 nitrogen and oxygen atoms in total. The first kappa shape index (κ1) is 13.4. The fourth-order valence-corrected chi connectivity index (χ4v) is 1.43. The molecule has 1 aromatic rings. The number of nitrogens with zero attached hydrogens (tertiary/aromatic N) is 1. The zero-order valence-corrected chi connectivity index (χ0v) is 9.84. The summed E-state index contributed by atoms with van der Waals surface area (Å²) < 4.78 is 5.30. The summed E-state index contributed by atoms with van der Waals surface area (Å²) in [4.78, 5) is 10.3. The van der Waals surface area contributed by atoms with Gasteiger partial charge in [-0.1, -0.05) is 0 Å². The van der Waals surface area contributed by atoms with E-state index in [1.54, 1.807) is 19.9 Å². The zero-order valence-electron chi connectivity index (χ0n) is 9.84. The molecule has 0 aliphatic rings. The first-order chi connectivity index (χ1) is 7.95. The van der Waals surface area contributed by atoms with Gasteiger partial charge in [-0.3, -0.25) is 10.1 Å². The highest BCUT2D eigenvalue weighted by Gasteiger charge is 2.15. The van der Waals surface area contributed by atoms with Gasteiger partial charge in [0.25, 0.3) is 5.69 Å². The number of nitrogens with two attached hydrogens (primary N) is 1. The third-order valence-corrected chi connectivity index (χ3v) is 2.39. The topological polar surface area (TPSA) is 98.6 Å². The molecule has 0 aliphatic carbocycles. The molecule has 17 heavy (non-hydrogen) atoms. The van der Waals surface area contributed by atoms with E-state index in [1.165, 1.54) is 6.07 Å². The molecular weight excluding hydrogens is 224 g/mol. The van der Waals surface area contributed by atoms with Gasteiger partial charge in [-0.05, 0) is 25.5 Å². The number of benzene rings is 1. The summed E-state index contributed by atoms with van der Waals surface area (Å²) >= 11 is 0. The van der Waals surface area contributed by atoms with Crippen molar-refractivity contribution >= 4 is 5.69 Å². The zero-order chi connectivity index (χ0) is 13.0. The van der Waals surface area contributed by atoms with Crippen molar-refractivity contribution in [3.05, 3.63) is 33.4 Å². The van der Waals surface area contributed by atoms with E-state index in [-0.39, 0.29) is 18.8 Å². The molecule has 0 saturated carbocycles. The van der Waals surface area contributed by atoms with Crippen molar-refractivity contribution in [2.24, 2.45) is 5.73 Å². The third-order valence-electron chi connectivity index (χ3n) is 2.39. The normalized spacial score (nSPS) is 12.2. The van der Waals surface area contributed by atoms with Gasteiger partial charge in [-0.15, -0.1) is 0 Å². The molecule has 0 aromatic heterocycles. The number of nitro groups is 1. The Balaban J connectivity index is 2.92. The van der Waals surface area contributed by atoms with Crippen LogP contribution in [0.25, 0.3) is 0 Å². The summed E-state index contributed by atoms with van der Waals surface area (Å²) in [5.41, 5.74) is 6.62. The number of aliphatic hydroxyl groups excluding tert-OH is 1. The van der Waals surface area contributed by atoms with Gasteiger partial charge in [0.05, 0.1) is 11.0 Å². The van der Waals surface area contributed by atoms with Crippen molar-refractivity contribution in [2.75, 3.05) is 13.2 Å². The molecule has 0 radical (unpaired) electrons. The smallest absolute Gasteiger partial charge is 0.276 e. The molecule has 0 aliphatic heterocycles. The summed E-state index contributed by atoms with van der Waals surface area (Å²) in [6.45, 7) is 3.58. The van der Waals surface area contributed by atoms with E-state index in [0.29, 0.717) is 11.3 Å². The lowest BCUT2D eigenvalue weighted by atomic mass is 10.1. The van der Waals surface area contributed by atoms with Gasteiger partial charge in [0, 0.05) is 12.1 Å². The monoisotopic (exact) mass is 240 g/mol. The van der Waals surface area contributed by atoms with Gasteiger partial charge >= 0.3 is 0 Å². The van der Waals surface area contributed by atoms with Crippen molar-refractivity contribution in [1.82, 2.24) is 0 Å². The number of hydrogen-bond donors (Lipinski definition) is 2. The van der Waals surface area contributed by atoms with Crippen LogP contribution in [0.15, 0.2) is 12.1 Å². The summed E-state index contributed by atoms with van der Waals surface area (Å²) in [6.07, 6.45) is -0.769. The number of ether oxygens (including phenoxy) is 1. The first-order valence-electron chi connectivity index (χ1n) is 5.22. The summed E-state index contributed by atoms with van der Waals surface area (Å²) in [7, 11) is 0. The van der Waals surface area contributed by atoms with Crippen molar-refractivity contribution in [3.8, 4) is 5.75 Å². The Kier molecular flexibility index (Phi) is 4.42. The quantitative estimate of drug-likeness (QED) is 0.588. The van der Waals surface area contributed by atoms with Crippen LogP contribution in [0.1, 0.15) is 11.1 Å². The van der Waals surface area contributed by atoms with Gasteiger partial charge in [-0.2, -0.15) is 0 Å². The van der Waals surface area contributed by atoms with E-state index < -0.39 is 11.0 Å². The van der Waals surface area contributed by atoms with Crippen LogP contribution in [0.5, 0.6) is 5.75 Å². The fraction of sp³-hybridized carbons (Fsp3) is 0.455. The molecule has 1 rings (SSSR count). The molecule has 94 valence electrons. The minimum atomic E-state index is -0.769. The molecule has 0 fully saturated rings. The maximum absolute atomic E-state index is 10.8. The lowest BCUT2D eigenvalue weighted by molar-refractivity contribution is -0.385. The molecule has 1 aromatic carbocycles. The third kappa shape index (κ3) is 3.40. The van der Waals surface area contributed by atoms with E-state index in [4.69, 9.17) is 10.5 Å². The van der Waals surface area contributed by atoms with Crippen LogP contribution in [0, 0.1) is 24.0 Å². The largest absolute Gasteiger partial charge is 0.490 e. The van der Waals surface area contributed by atoms with Gasteiger partial charge in [0.15, 0.2) is 0 Å². The average Bonchev–Trinajstić information content (AvgIpc) is 2.26. The van der Waals surface area contributed by atoms with Crippen LogP contribution in [0.3, 0.4) is 0 Å². The predicted molar refractivity (Wildman–Crippen MR) is 63.1 cm³/mol. The highest BCUT2D eigenvalue weighted by molar-refractivity contribution is 5.49. The Morgan fingerprint density at radius 3 is 2.65 bits per heavy atom. The Morgan fingerprint density at radius 1 is 1.47 bits per heavy atom. The van der Waals surface area contributed by atoms with Crippen LogP contribution in [-0.4, -0.2) is 29.3 Å². The first-order valence-corrected chi connectivity index (χ1v) is 5.22. The van der Waals surface area contributed by atoms with E-state index in [2.05, 4.69) is 0 Å². The fourth-order valence-electron chi connectivity index (χ4n) is 1.43. The van der Waals surface area contributed by atoms with Gasteiger partial charge in [-0.25, -0.2) is 0 Å². The Bertz CT molecular complexity index is 420. The maximum Gasteiger partial charge on any atom is 0.276 e. The highest BCUT2D eigenvalue weighted by atomic mass is 16.6. The van der Waals surface area contributed by atoms with E-state index in [1.807, 2.05) is 0 Å². The lowest BCUT2D eigenvalue weighted by Crippen LogP contribution is -2.26. The van der Waals surface area contributed by atoms with E-state index in [0.717, 1.165) is 5.56 Å². The van der Waals surface area contributed by atoms with Crippen LogP contribution < -0.4 is 10.5 Å². The SMILES string of the molecule is Cc1cc(C)c([N+](=O)[O-])cc1OC[C@H](O)CN. The minimum absolute atomic E-state index is 0.00726. The van der Waals surface area contributed by atoms with Crippen LogP contribution in [-0.2, 0) is 0 Å². The summed E-state index contributed by atoms with van der Waals surface area (Å²) in [6, 6.07) is 3.05. The number of nitro benzene ring substituents is 1. The average molecular weight is 240 g/mol. The van der Waals surface area contributed by atoms with Crippen molar-refractivity contribution in [3.63, 3.8) is 0 Å². The second-order valence-electron chi connectivity index (χ2n) is 3.86. The van der Waals surface area contributed by atoms with E-state index >= 15 is 0 Å². The molecule has 0 amide bonds. The standard InChI is InChI=1S/C11H16N2O4/c1-7-3-8(2)11(4-10(7)13(15)16)17-6-9(14)5-12/h3-4,9,14H,5-6,12H2,1-2H3/t9-/m1/s1. The van der Waals surface area contributed by atoms with Gasteiger partial charge in [0.1, 0.15) is 18.5 Å². The number of aryl methyl sites for hydroxylation is 2. The molecule has 0 saturated heterocycles. The molecular formula is C11H16N2O4. The van der Waals surface area contributed by atoms with E-state index in [9.17, 15) is 15.2 Å². The molecule has 0 bridgehead atoms. The Labute approximate surface area is 99.2 Å². The predicted octanol–water partition coefficient (Wildman–Crippen LogP) is 0.910. The lowest BCUT2D eigenvalue weighted by Gasteiger charge is -2.12. The summed E-state index contributed by atoms with van der Waals surface area (Å²) in [5.74, 6) is 0.398. The van der Waals surface area contributed by atoms with Crippen molar-refractivity contribution in [2.45, 2.75) is 20.0 Å². The van der Waals surface area contributed by atoms with Gasteiger partial charge in [0.2, 0.25) is 0 Å². The summed E-state index contributed by atoms with van der Waals surface area (Å²) in [5, 5.41) is 20.0. The van der Waals surface area contributed by atoms with Gasteiger partial charge < -0.3 is 15.6 Å². The molecule has 6 heteroatoms. The van der Waals surface area contributed by atoms with Crippen LogP contribution in [0.4, 0.5) is 5.69 Å². The number of hydrogen-bond acceptors (Lipinski definition) is 5. The molecule has 0 heterocycles. The Hall–Kier alpha value is -1.66. The van der Waals surface area contributed by atoms with Crippen LogP contribution >= 0.6 is 0 Å². The number of aliphatic hydroxyl groups is 1. The minimum Gasteiger partial charge on any atom is -0.490 e.